The Labute approximate surface area is 133 Å². The maximum absolute atomic E-state index is 8.91. The molecule has 2 aromatic rings. The van der Waals surface area contributed by atoms with E-state index in [1.807, 2.05) is 0 Å². The van der Waals surface area contributed by atoms with Crippen LogP contribution in [0, 0.1) is 0 Å². The van der Waals surface area contributed by atoms with Gasteiger partial charge in [-0.25, -0.2) is 9.55 Å². The smallest absolute Gasteiger partial charge is 0.259 e. The molecule has 0 bridgehead atoms. The van der Waals surface area contributed by atoms with Crippen LogP contribution in [0.15, 0.2) is 30.5 Å². The Morgan fingerprint density at radius 1 is 1.23 bits per heavy atom. The minimum Gasteiger partial charge on any atom is -0.396 e. The summed E-state index contributed by atoms with van der Waals surface area (Å²) in [6, 6.07) is 8.50. The van der Waals surface area contributed by atoms with E-state index in [1.54, 1.807) is 0 Å². The maximum Gasteiger partial charge on any atom is 0.259 e. The van der Waals surface area contributed by atoms with Gasteiger partial charge in [0, 0.05) is 18.2 Å². The zero-order valence-corrected chi connectivity index (χ0v) is 14.1. The van der Waals surface area contributed by atoms with Crippen molar-refractivity contribution in [1.82, 2.24) is 4.98 Å². The third kappa shape index (κ3) is 3.96. The van der Waals surface area contributed by atoms with Gasteiger partial charge >= 0.3 is 0 Å². The van der Waals surface area contributed by atoms with Gasteiger partial charge in [-0.3, -0.25) is 0 Å². The van der Waals surface area contributed by atoms with Crippen molar-refractivity contribution in [3.63, 3.8) is 0 Å². The molecule has 0 unspecified atom stereocenters. The van der Waals surface area contributed by atoms with Crippen LogP contribution < -0.4 is 10.3 Å². The first-order valence-electron chi connectivity index (χ1n) is 7.86. The molecular formula is C18H28N3O+. The van der Waals surface area contributed by atoms with E-state index in [4.69, 9.17) is 10.8 Å². The molecule has 1 aromatic heterocycles. The summed E-state index contributed by atoms with van der Waals surface area (Å²) >= 11 is 0. The number of nitrogens with zero attached hydrogens (tertiary/aromatic N) is 1. The number of H-pyrrole nitrogens is 1. The molecule has 1 heterocycles. The minimum atomic E-state index is 0.0200. The number of aryl methyl sites for hydroxylation is 1. The summed E-state index contributed by atoms with van der Waals surface area (Å²) in [5.74, 6) is 1.21. The van der Waals surface area contributed by atoms with Gasteiger partial charge in [-0.1, -0.05) is 24.3 Å². The summed E-state index contributed by atoms with van der Waals surface area (Å²) in [5.41, 5.74) is 9.56. The van der Waals surface area contributed by atoms with E-state index in [9.17, 15) is 0 Å². The predicted molar refractivity (Wildman–Crippen MR) is 89.5 cm³/mol. The van der Waals surface area contributed by atoms with Crippen molar-refractivity contribution in [2.24, 2.45) is 12.8 Å². The third-order valence-corrected chi connectivity index (χ3v) is 3.90. The zero-order valence-electron chi connectivity index (χ0n) is 14.1. The van der Waals surface area contributed by atoms with Gasteiger partial charge in [-0.2, -0.15) is 0 Å². The number of hydrogen-bond donors (Lipinski definition) is 3. The van der Waals surface area contributed by atoms with Crippen LogP contribution in [0.1, 0.15) is 38.6 Å². The Balaban J connectivity index is 2.17. The van der Waals surface area contributed by atoms with E-state index in [-0.39, 0.29) is 18.1 Å². The molecule has 0 fully saturated rings. The molecule has 120 valence electrons. The number of nitrogens with one attached hydrogen (secondary N) is 1. The van der Waals surface area contributed by atoms with Crippen molar-refractivity contribution >= 4 is 0 Å². The van der Waals surface area contributed by atoms with Crippen LogP contribution in [0.25, 0.3) is 11.3 Å². The van der Waals surface area contributed by atoms with Crippen LogP contribution in [0.5, 0.6) is 0 Å². The molecular weight excluding hydrogens is 274 g/mol. The highest BCUT2D eigenvalue weighted by atomic mass is 16.3. The fourth-order valence-corrected chi connectivity index (χ4v) is 2.76. The predicted octanol–water partition coefficient (Wildman–Crippen LogP) is 2.06. The fourth-order valence-electron chi connectivity index (χ4n) is 2.76. The van der Waals surface area contributed by atoms with E-state index < -0.39 is 0 Å². The first-order chi connectivity index (χ1) is 10.3. The summed E-state index contributed by atoms with van der Waals surface area (Å²) < 4.78 is 2.15. The van der Waals surface area contributed by atoms with Gasteiger partial charge in [-0.15, -0.1) is 0 Å². The van der Waals surface area contributed by atoms with Crippen LogP contribution >= 0.6 is 0 Å². The molecule has 0 spiro atoms. The van der Waals surface area contributed by atoms with Crippen molar-refractivity contribution in [3.8, 4) is 11.3 Å². The van der Waals surface area contributed by atoms with Crippen molar-refractivity contribution in [2.75, 3.05) is 6.61 Å². The number of imidazole rings is 1. The fraction of sp³-hybridized carbons (Fsp3) is 0.500. The second kappa shape index (κ2) is 6.63. The summed E-state index contributed by atoms with van der Waals surface area (Å²) in [5, 5.41) is 8.91. The number of aliphatic hydroxyl groups excluding tert-OH is 1. The number of aromatic nitrogens is 2. The molecule has 0 aliphatic rings. The van der Waals surface area contributed by atoms with Gasteiger partial charge in [0.1, 0.15) is 6.20 Å². The van der Waals surface area contributed by atoms with Crippen molar-refractivity contribution < 1.29 is 9.67 Å². The lowest BCUT2D eigenvalue weighted by Crippen LogP contribution is -2.37. The summed E-state index contributed by atoms with van der Waals surface area (Å²) in [4.78, 5) is 3.52. The SMILES string of the molecule is C[n+]1cc(-c2ccc(C[C@H](N)CCO)cc2)[nH]c1C(C)(C)C. The van der Waals surface area contributed by atoms with E-state index in [1.165, 1.54) is 17.0 Å². The lowest BCUT2D eigenvalue weighted by atomic mass is 9.96. The quantitative estimate of drug-likeness (QED) is 0.740. The highest BCUT2D eigenvalue weighted by molar-refractivity contribution is 5.58. The zero-order chi connectivity index (χ0) is 16.3. The third-order valence-electron chi connectivity index (χ3n) is 3.90. The van der Waals surface area contributed by atoms with Crippen molar-refractivity contribution in [1.29, 1.82) is 0 Å². The Morgan fingerprint density at radius 2 is 1.86 bits per heavy atom. The molecule has 22 heavy (non-hydrogen) atoms. The van der Waals surface area contributed by atoms with Gasteiger partial charge in [0.15, 0.2) is 5.69 Å². The van der Waals surface area contributed by atoms with E-state index in [2.05, 4.69) is 67.8 Å². The summed E-state index contributed by atoms with van der Waals surface area (Å²) in [6.07, 6.45) is 3.57. The summed E-state index contributed by atoms with van der Waals surface area (Å²) in [7, 11) is 2.07. The normalized spacial score (nSPS) is 13.4. The number of aromatic amines is 1. The average Bonchev–Trinajstić information content (AvgIpc) is 2.82. The monoisotopic (exact) mass is 302 g/mol. The topological polar surface area (TPSA) is 65.9 Å². The van der Waals surface area contributed by atoms with Crippen LogP contribution in [-0.2, 0) is 18.9 Å². The second-order valence-electron chi connectivity index (χ2n) is 7.05. The standard InChI is InChI=1S/C18H27N3O/c1-18(2,3)17-20-16(12-21(17)4)14-7-5-13(6-8-14)11-15(19)9-10-22/h5-8,12,15,22H,9-11,19H2,1-4H3/p+1/t15-/m1/s1. The van der Waals surface area contributed by atoms with Gasteiger partial charge in [0.25, 0.3) is 5.82 Å². The Hall–Kier alpha value is -1.65. The van der Waals surface area contributed by atoms with Crippen LogP contribution in [-0.4, -0.2) is 22.7 Å². The molecule has 0 saturated heterocycles. The molecule has 0 amide bonds. The number of aliphatic hydroxyl groups is 1. The number of rotatable bonds is 5. The maximum atomic E-state index is 8.91. The molecule has 0 aliphatic carbocycles. The van der Waals surface area contributed by atoms with Crippen LogP contribution in [0.3, 0.4) is 0 Å². The Bertz CT molecular complexity index is 608. The average molecular weight is 302 g/mol. The molecule has 0 saturated carbocycles. The largest absolute Gasteiger partial charge is 0.396 e. The van der Waals surface area contributed by atoms with Gasteiger partial charge in [0.05, 0.1) is 12.5 Å². The molecule has 4 heteroatoms. The van der Waals surface area contributed by atoms with Crippen molar-refractivity contribution in [3.05, 3.63) is 41.9 Å². The highest BCUT2D eigenvalue weighted by Crippen LogP contribution is 2.22. The van der Waals surface area contributed by atoms with E-state index >= 15 is 0 Å². The molecule has 1 aromatic carbocycles. The van der Waals surface area contributed by atoms with Gasteiger partial charge in [0.2, 0.25) is 0 Å². The lowest BCUT2D eigenvalue weighted by Gasteiger charge is -2.11. The Morgan fingerprint density at radius 3 is 2.36 bits per heavy atom. The molecule has 0 radical (unpaired) electrons. The highest BCUT2D eigenvalue weighted by Gasteiger charge is 2.26. The molecule has 4 nitrogen and oxygen atoms in total. The molecule has 2 rings (SSSR count). The first-order valence-corrected chi connectivity index (χ1v) is 7.86. The molecule has 4 N–H and O–H groups in total. The molecule has 1 atom stereocenters. The van der Waals surface area contributed by atoms with Gasteiger partial charge < -0.3 is 10.8 Å². The number of hydrogen-bond acceptors (Lipinski definition) is 2. The number of nitrogens with two attached hydrogens (primary N) is 1. The lowest BCUT2D eigenvalue weighted by molar-refractivity contribution is -0.681. The van der Waals surface area contributed by atoms with Gasteiger partial charge in [-0.05, 0) is 39.2 Å². The summed E-state index contributed by atoms with van der Waals surface area (Å²) in [6.45, 7) is 6.75. The molecule has 0 aliphatic heterocycles. The van der Waals surface area contributed by atoms with Crippen LogP contribution in [0.4, 0.5) is 0 Å². The van der Waals surface area contributed by atoms with E-state index in [0.29, 0.717) is 6.42 Å². The minimum absolute atomic E-state index is 0.0200. The van der Waals surface area contributed by atoms with E-state index in [0.717, 1.165) is 12.1 Å². The number of benzene rings is 1. The Kier molecular flexibility index (Phi) is 5.04. The van der Waals surface area contributed by atoms with Crippen molar-refractivity contribution in [2.45, 2.75) is 45.1 Å². The van der Waals surface area contributed by atoms with Crippen LogP contribution in [0.2, 0.25) is 0 Å². The first kappa shape index (κ1) is 16.7. The second-order valence-corrected chi connectivity index (χ2v) is 7.05.